The Balaban J connectivity index is 1.72. The van der Waals surface area contributed by atoms with Crippen LogP contribution in [0, 0.1) is 6.92 Å². The van der Waals surface area contributed by atoms with Crippen LogP contribution < -0.4 is 14.4 Å². The van der Waals surface area contributed by atoms with Crippen LogP contribution in [0.5, 0.6) is 11.5 Å². The summed E-state index contributed by atoms with van der Waals surface area (Å²) in [5.41, 5.74) is 3.56. The van der Waals surface area contributed by atoms with Gasteiger partial charge in [-0.1, -0.05) is 47.2 Å². The van der Waals surface area contributed by atoms with Crippen molar-refractivity contribution < 1.29 is 18.7 Å². The summed E-state index contributed by atoms with van der Waals surface area (Å²) in [6, 6.07) is 18.0. The van der Waals surface area contributed by atoms with Crippen molar-refractivity contribution in [2.45, 2.75) is 13.8 Å². The van der Waals surface area contributed by atoms with Gasteiger partial charge in [-0.2, -0.15) is 0 Å². The van der Waals surface area contributed by atoms with E-state index in [9.17, 15) is 9.59 Å². The van der Waals surface area contributed by atoms with E-state index in [2.05, 4.69) is 0 Å². The van der Waals surface area contributed by atoms with Gasteiger partial charge in [0.2, 0.25) is 0 Å². The lowest BCUT2D eigenvalue weighted by molar-refractivity contribution is 0.0734. The van der Waals surface area contributed by atoms with Crippen molar-refractivity contribution in [2.75, 3.05) is 6.61 Å². The summed E-state index contributed by atoms with van der Waals surface area (Å²) in [4.78, 5) is 24.1. The molecular formula is C23H18O5S. The Bertz CT molecular complexity index is 1230. The Morgan fingerprint density at radius 3 is 2.59 bits per heavy atom. The van der Waals surface area contributed by atoms with Crippen LogP contribution in [0.3, 0.4) is 0 Å². The van der Waals surface area contributed by atoms with Gasteiger partial charge in [-0.05, 0) is 43.7 Å². The molecule has 4 aromatic rings. The van der Waals surface area contributed by atoms with Gasteiger partial charge >= 0.3 is 10.9 Å². The number of fused-ring (bicyclic) bond motifs is 1. The number of hydrogen-bond acceptors (Lipinski definition) is 6. The standard InChI is InChI=1S/C23H18O5S/c1-3-26-17-6-4-5-16(11-17)22(24)27-18-12-19(15-9-7-14(2)8-10-15)21-20(13-18)29-23(25)28-21/h4-13H,3H2,1-2H3. The summed E-state index contributed by atoms with van der Waals surface area (Å²) in [6.07, 6.45) is 0. The fourth-order valence-electron chi connectivity index (χ4n) is 3.00. The number of ether oxygens (including phenoxy) is 2. The van der Waals surface area contributed by atoms with E-state index in [1.54, 1.807) is 36.4 Å². The largest absolute Gasteiger partial charge is 0.494 e. The number of benzene rings is 3. The van der Waals surface area contributed by atoms with Crippen molar-refractivity contribution in [1.82, 2.24) is 0 Å². The minimum Gasteiger partial charge on any atom is -0.494 e. The number of carbonyl (C=O) groups is 1. The second-order valence-electron chi connectivity index (χ2n) is 6.47. The van der Waals surface area contributed by atoms with Crippen LogP contribution in [0.15, 0.2) is 69.9 Å². The molecule has 5 nitrogen and oxygen atoms in total. The van der Waals surface area contributed by atoms with Gasteiger partial charge in [0.05, 0.1) is 16.9 Å². The summed E-state index contributed by atoms with van der Waals surface area (Å²) < 4.78 is 17.0. The van der Waals surface area contributed by atoms with Gasteiger partial charge in [-0.3, -0.25) is 0 Å². The Labute approximate surface area is 171 Å². The molecule has 29 heavy (non-hydrogen) atoms. The number of hydrogen-bond donors (Lipinski definition) is 0. The number of rotatable bonds is 5. The van der Waals surface area contributed by atoms with Gasteiger partial charge in [0, 0.05) is 11.6 Å². The van der Waals surface area contributed by atoms with Gasteiger partial charge in [-0.25, -0.2) is 9.59 Å². The molecule has 1 heterocycles. The second-order valence-corrected chi connectivity index (χ2v) is 7.45. The first-order valence-corrected chi connectivity index (χ1v) is 9.95. The highest BCUT2D eigenvalue weighted by Gasteiger charge is 2.16. The third-order valence-corrected chi connectivity index (χ3v) is 5.13. The summed E-state index contributed by atoms with van der Waals surface area (Å²) in [5.74, 6) is 0.444. The monoisotopic (exact) mass is 406 g/mol. The molecule has 0 unspecified atom stereocenters. The molecule has 0 aliphatic heterocycles. The van der Waals surface area contributed by atoms with E-state index in [0.717, 1.165) is 22.5 Å². The SMILES string of the molecule is CCOc1cccc(C(=O)Oc2cc(-c3ccc(C)cc3)c3oc(=O)sc3c2)c1. The topological polar surface area (TPSA) is 65.7 Å². The Kier molecular flexibility index (Phi) is 5.18. The van der Waals surface area contributed by atoms with Crippen LogP contribution in [-0.2, 0) is 0 Å². The number of aryl methyl sites for hydroxylation is 1. The highest BCUT2D eigenvalue weighted by Crippen LogP contribution is 2.35. The summed E-state index contributed by atoms with van der Waals surface area (Å²) in [7, 11) is 0. The summed E-state index contributed by atoms with van der Waals surface area (Å²) in [5, 5.41) is 0. The maximum Gasteiger partial charge on any atom is 0.396 e. The van der Waals surface area contributed by atoms with E-state index >= 15 is 0 Å². The summed E-state index contributed by atoms with van der Waals surface area (Å²) >= 11 is 0.977. The fraction of sp³-hybridized carbons (Fsp3) is 0.130. The van der Waals surface area contributed by atoms with Crippen LogP contribution in [0.4, 0.5) is 0 Å². The lowest BCUT2D eigenvalue weighted by atomic mass is 10.0. The molecule has 0 saturated heterocycles. The summed E-state index contributed by atoms with van der Waals surface area (Å²) in [6.45, 7) is 4.39. The van der Waals surface area contributed by atoms with E-state index < -0.39 is 10.9 Å². The first-order chi connectivity index (χ1) is 14.0. The smallest absolute Gasteiger partial charge is 0.396 e. The van der Waals surface area contributed by atoms with Crippen molar-refractivity contribution in [2.24, 2.45) is 0 Å². The molecule has 0 bridgehead atoms. The average Bonchev–Trinajstić information content (AvgIpc) is 3.08. The van der Waals surface area contributed by atoms with E-state index in [0.29, 0.717) is 39.5 Å². The second kappa shape index (κ2) is 7.93. The first kappa shape index (κ1) is 19.0. The van der Waals surface area contributed by atoms with Gasteiger partial charge in [0.1, 0.15) is 11.5 Å². The van der Waals surface area contributed by atoms with Crippen molar-refractivity contribution >= 4 is 27.6 Å². The van der Waals surface area contributed by atoms with Crippen molar-refractivity contribution in [1.29, 1.82) is 0 Å². The quantitative estimate of drug-likeness (QED) is 0.326. The predicted molar refractivity (Wildman–Crippen MR) is 113 cm³/mol. The maximum atomic E-state index is 12.6. The van der Waals surface area contributed by atoms with Crippen molar-refractivity contribution in [3.05, 3.63) is 81.5 Å². The lowest BCUT2D eigenvalue weighted by Crippen LogP contribution is -2.08. The van der Waals surface area contributed by atoms with Gasteiger partial charge < -0.3 is 13.9 Å². The molecule has 0 aliphatic rings. The molecule has 0 fully saturated rings. The van der Waals surface area contributed by atoms with Crippen molar-refractivity contribution in [3.8, 4) is 22.6 Å². The molecule has 4 rings (SSSR count). The molecule has 3 aromatic carbocycles. The Morgan fingerprint density at radius 1 is 1.03 bits per heavy atom. The normalized spacial score (nSPS) is 10.8. The van der Waals surface area contributed by atoms with Gasteiger partial charge in [0.25, 0.3) is 0 Å². The number of carbonyl (C=O) groups excluding carboxylic acids is 1. The van der Waals surface area contributed by atoms with E-state index in [1.165, 1.54) is 0 Å². The van der Waals surface area contributed by atoms with E-state index in [1.807, 2.05) is 38.1 Å². The number of esters is 1. The molecule has 1 aromatic heterocycles. The zero-order valence-corrected chi connectivity index (χ0v) is 16.7. The minimum absolute atomic E-state index is 0.344. The highest BCUT2D eigenvalue weighted by atomic mass is 32.1. The van der Waals surface area contributed by atoms with Gasteiger partial charge in [-0.15, -0.1) is 0 Å². The molecule has 0 atom stereocenters. The molecule has 0 N–H and O–H groups in total. The molecule has 0 spiro atoms. The van der Waals surface area contributed by atoms with Crippen LogP contribution in [0.25, 0.3) is 21.4 Å². The van der Waals surface area contributed by atoms with Crippen LogP contribution in [0.2, 0.25) is 0 Å². The van der Waals surface area contributed by atoms with E-state index in [4.69, 9.17) is 13.9 Å². The molecule has 0 radical (unpaired) electrons. The average molecular weight is 406 g/mol. The molecule has 0 saturated carbocycles. The fourth-order valence-corrected chi connectivity index (χ4v) is 3.73. The Morgan fingerprint density at radius 2 is 1.83 bits per heavy atom. The third-order valence-electron chi connectivity index (χ3n) is 4.36. The lowest BCUT2D eigenvalue weighted by Gasteiger charge is -2.09. The molecule has 0 amide bonds. The predicted octanol–water partition coefficient (Wildman–Crippen LogP) is 5.45. The van der Waals surface area contributed by atoms with Crippen molar-refractivity contribution in [3.63, 3.8) is 0 Å². The van der Waals surface area contributed by atoms with Crippen LogP contribution in [0.1, 0.15) is 22.8 Å². The van der Waals surface area contributed by atoms with E-state index in [-0.39, 0.29) is 0 Å². The zero-order valence-electron chi connectivity index (χ0n) is 15.9. The maximum absolute atomic E-state index is 12.6. The third kappa shape index (κ3) is 4.07. The minimum atomic E-state index is -0.503. The Hall–Kier alpha value is -3.38. The van der Waals surface area contributed by atoms with Crippen LogP contribution >= 0.6 is 11.3 Å². The molecule has 146 valence electrons. The zero-order chi connectivity index (χ0) is 20.4. The van der Waals surface area contributed by atoms with Crippen LogP contribution in [-0.4, -0.2) is 12.6 Å². The molecule has 6 heteroatoms. The molecular weight excluding hydrogens is 388 g/mol. The highest BCUT2D eigenvalue weighted by molar-refractivity contribution is 7.16. The first-order valence-electron chi connectivity index (χ1n) is 9.13. The molecule has 0 aliphatic carbocycles. The van der Waals surface area contributed by atoms with Gasteiger partial charge in [0.15, 0.2) is 5.58 Å².